The Labute approximate surface area is 301 Å². The van der Waals surface area contributed by atoms with Gasteiger partial charge in [-0.25, -0.2) is 9.78 Å². The van der Waals surface area contributed by atoms with Crippen molar-refractivity contribution < 1.29 is 48.1 Å². The summed E-state index contributed by atoms with van der Waals surface area (Å²) in [6.07, 6.45) is 13.3. The van der Waals surface area contributed by atoms with Crippen molar-refractivity contribution in [2.75, 3.05) is 39.6 Å². The minimum atomic E-state index is -0.909. The first-order valence-corrected chi connectivity index (χ1v) is 16.7. The van der Waals surface area contributed by atoms with Crippen LogP contribution in [0.5, 0.6) is 0 Å². The molecule has 0 aromatic heterocycles. The molecule has 0 radical (unpaired) electrons. The first-order valence-electron chi connectivity index (χ1n) is 16.7. The zero-order chi connectivity index (χ0) is 34.0. The molecular weight excluding hydrogens is 628 g/mol. The fraction of sp³-hybridized carbons (Fsp3) is 0.821. The molecule has 10 nitrogen and oxygen atoms in total. The smallest absolute Gasteiger partial charge is 0.311 e. The van der Waals surface area contributed by atoms with E-state index >= 15 is 0 Å². The molecule has 49 heavy (non-hydrogen) atoms. The van der Waals surface area contributed by atoms with E-state index in [0.29, 0.717) is 19.4 Å². The van der Waals surface area contributed by atoms with Crippen molar-refractivity contribution in [3.05, 3.63) is 24.5 Å². The van der Waals surface area contributed by atoms with Gasteiger partial charge in [0.05, 0.1) is 23.9 Å². The maximum Gasteiger partial charge on any atom is 0.311 e. The molecule has 0 rings (SSSR count). The summed E-state index contributed by atoms with van der Waals surface area (Å²) >= 11 is 0. The van der Waals surface area contributed by atoms with Gasteiger partial charge >= 0.3 is 17.9 Å². The van der Waals surface area contributed by atoms with E-state index in [1.54, 1.807) is 20.8 Å². The van der Waals surface area contributed by atoms with E-state index in [2.05, 4.69) is 20.1 Å². The standard InChI is InChI=1S/C35H62O10.4CH4/c1-9-11-12-13-14-15-16-17-18-19-22-40-33(38)35(8,10-2)28-34(6,7)32(37)41-24-26-43-45-30(5)20-21-31(36)39-23-25-42-44-27-29(3)4;;;;/h3,5,9-28H2,1-2,4,6-8H3;4*1H4. The molecule has 0 amide bonds. The van der Waals surface area contributed by atoms with Gasteiger partial charge in [0.25, 0.3) is 0 Å². The molecule has 0 fully saturated rings. The molecule has 1 unspecified atom stereocenters. The topological polar surface area (TPSA) is 116 Å². The fourth-order valence-corrected chi connectivity index (χ4v) is 4.55. The van der Waals surface area contributed by atoms with Gasteiger partial charge in [-0.3, -0.25) is 14.4 Å². The van der Waals surface area contributed by atoms with Crippen molar-refractivity contribution in [2.24, 2.45) is 10.8 Å². The largest absolute Gasteiger partial charge is 0.465 e. The molecule has 0 saturated heterocycles. The highest BCUT2D eigenvalue weighted by molar-refractivity contribution is 5.80. The maximum absolute atomic E-state index is 13.0. The van der Waals surface area contributed by atoms with Crippen LogP contribution in [0.3, 0.4) is 0 Å². The van der Waals surface area contributed by atoms with E-state index in [1.807, 2.05) is 13.8 Å². The van der Waals surface area contributed by atoms with Crippen molar-refractivity contribution in [3.8, 4) is 0 Å². The van der Waals surface area contributed by atoms with E-state index in [4.69, 9.17) is 33.8 Å². The number of esters is 3. The Morgan fingerprint density at radius 3 is 1.65 bits per heavy atom. The van der Waals surface area contributed by atoms with E-state index < -0.39 is 22.8 Å². The molecule has 0 heterocycles. The Bertz CT molecular complexity index is 855. The average Bonchev–Trinajstić information content (AvgIpc) is 2.99. The number of ether oxygens (including phenoxy) is 3. The maximum atomic E-state index is 13.0. The molecule has 0 aromatic rings. The SMILES string of the molecule is C.C.C.C.C=C(C)COOCCOC(=O)CCC(=C)OOCCOC(=O)C(C)(C)CC(C)(CC)C(=O)OCCCCCCCCCCCC. The molecule has 0 aromatic carbocycles. The monoisotopic (exact) mass is 707 g/mol. The van der Waals surface area contributed by atoms with E-state index in [-0.39, 0.29) is 87.3 Å². The van der Waals surface area contributed by atoms with Crippen LogP contribution in [-0.2, 0) is 48.1 Å². The van der Waals surface area contributed by atoms with Crippen LogP contribution in [0.1, 0.15) is 161 Å². The van der Waals surface area contributed by atoms with Crippen LogP contribution in [-0.4, -0.2) is 57.5 Å². The van der Waals surface area contributed by atoms with Crippen LogP contribution in [0.15, 0.2) is 24.5 Å². The summed E-state index contributed by atoms with van der Waals surface area (Å²) in [4.78, 5) is 57.4. The number of carbonyl (C=O) groups excluding carboxylic acids is 3. The van der Waals surface area contributed by atoms with Gasteiger partial charge in [0.2, 0.25) is 0 Å². The number of hydrogen-bond acceptors (Lipinski definition) is 10. The third-order valence-electron chi connectivity index (χ3n) is 7.39. The quantitative estimate of drug-likeness (QED) is 0.0136. The van der Waals surface area contributed by atoms with E-state index in [9.17, 15) is 14.4 Å². The molecule has 0 bridgehead atoms. The van der Waals surface area contributed by atoms with Gasteiger partial charge in [0.15, 0.2) is 0 Å². The van der Waals surface area contributed by atoms with Crippen molar-refractivity contribution in [1.82, 2.24) is 0 Å². The van der Waals surface area contributed by atoms with Gasteiger partial charge < -0.3 is 19.1 Å². The molecule has 0 aliphatic rings. The van der Waals surface area contributed by atoms with Crippen LogP contribution in [0.4, 0.5) is 0 Å². The zero-order valence-corrected chi connectivity index (χ0v) is 29.1. The molecule has 294 valence electrons. The molecule has 0 aliphatic carbocycles. The first-order chi connectivity index (χ1) is 21.4. The number of rotatable bonds is 30. The highest BCUT2D eigenvalue weighted by atomic mass is 17.2. The van der Waals surface area contributed by atoms with Crippen molar-refractivity contribution in [3.63, 3.8) is 0 Å². The predicted molar refractivity (Wildman–Crippen MR) is 201 cm³/mol. The van der Waals surface area contributed by atoms with E-state index in [0.717, 1.165) is 24.8 Å². The minimum Gasteiger partial charge on any atom is -0.465 e. The summed E-state index contributed by atoms with van der Waals surface area (Å²) in [5.74, 6) is -0.929. The summed E-state index contributed by atoms with van der Waals surface area (Å²) in [6, 6.07) is 0. The normalized spacial score (nSPS) is 11.6. The zero-order valence-electron chi connectivity index (χ0n) is 29.1. The number of unbranched alkanes of at least 4 members (excludes halogenated alkanes) is 9. The van der Waals surface area contributed by atoms with Crippen molar-refractivity contribution in [2.45, 2.75) is 161 Å². The summed E-state index contributed by atoms with van der Waals surface area (Å²) in [5, 5.41) is 0. The second-order valence-corrected chi connectivity index (χ2v) is 12.6. The minimum absolute atomic E-state index is 0. The molecule has 0 aliphatic heterocycles. The molecular formula is C39H78O10. The van der Waals surface area contributed by atoms with Crippen LogP contribution in [0, 0.1) is 10.8 Å². The van der Waals surface area contributed by atoms with Crippen LogP contribution < -0.4 is 0 Å². The summed E-state index contributed by atoms with van der Waals surface area (Å²) in [6.45, 7) is 19.5. The summed E-state index contributed by atoms with van der Waals surface area (Å²) < 4.78 is 16.0. The van der Waals surface area contributed by atoms with Crippen LogP contribution in [0.2, 0.25) is 0 Å². The Morgan fingerprint density at radius 1 is 0.592 bits per heavy atom. The lowest BCUT2D eigenvalue weighted by molar-refractivity contribution is -0.291. The summed E-state index contributed by atoms with van der Waals surface area (Å²) in [7, 11) is 0. The van der Waals surface area contributed by atoms with Gasteiger partial charge in [0.1, 0.15) is 38.8 Å². The number of allylic oxidation sites excluding steroid dienone is 1. The average molecular weight is 707 g/mol. The lowest BCUT2D eigenvalue weighted by atomic mass is 9.72. The molecule has 0 saturated carbocycles. The van der Waals surface area contributed by atoms with Gasteiger partial charge in [-0.1, -0.05) is 120 Å². The highest BCUT2D eigenvalue weighted by Crippen LogP contribution is 2.38. The Kier molecular flexibility index (Phi) is 38.9. The van der Waals surface area contributed by atoms with Crippen LogP contribution in [0.25, 0.3) is 0 Å². The third-order valence-corrected chi connectivity index (χ3v) is 7.39. The lowest BCUT2D eigenvalue weighted by Crippen LogP contribution is -2.39. The Morgan fingerprint density at radius 2 is 1.10 bits per heavy atom. The number of hydrogen-bond donors (Lipinski definition) is 0. The predicted octanol–water partition coefficient (Wildman–Crippen LogP) is 10.7. The Balaban J connectivity index is -0.00000161. The molecule has 0 spiro atoms. The van der Waals surface area contributed by atoms with Gasteiger partial charge in [-0.15, -0.1) is 0 Å². The first kappa shape index (κ1) is 56.0. The van der Waals surface area contributed by atoms with E-state index in [1.165, 1.54) is 44.9 Å². The molecule has 10 heteroatoms. The Hall–Kier alpha value is -2.43. The van der Waals surface area contributed by atoms with Gasteiger partial charge in [-0.05, 0) is 47.0 Å². The highest BCUT2D eigenvalue weighted by Gasteiger charge is 2.42. The third kappa shape index (κ3) is 30.1. The molecule has 0 N–H and O–H groups in total. The summed E-state index contributed by atoms with van der Waals surface area (Å²) in [5.41, 5.74) is -0.892. The molecule has 1 atom stereocenters. The second kappa shape index (κ2) is 34.0. The van der Waals surface area contributed by atoms with Crippen molar-refractivity contribution >= 4 is 17.9 Å². The van der Waals surface area contributed by atoms with Gasteiger partial charge in [-0.2, -0.15) is 4.89 Å². The number of carbonyl (C=O) groups is 3. The second-order valence-electron chi connectivity index (χ2n) is 12.6. The van der Waals surface area contributed by atoms with Crippen LogP contribution >= 0.6 is 0 Å². The van der Waals surface area contributed by atoms with Crippen molar-refractivity contribution in [1.29, 1.82) is 0 Å². The fourth-order valence-electron chi connectivity index (χ4n) is 4.55. The van der Waals surface area contributed by atoms with Gasteiger partial charge in [0, 0.05) is 6.42 Å². The lowest BCUT2D eigenvalue weighted by Gasteiger charge is -2.33.